The van der Waals surface area contributed by atoms with Crippen molar-refractivity contribution in [3.63, 3.8) is 0 Å². The van der Waals surface area contributed by atoms with Gasteiger partial charge in [0.25, 0.3) is 0 Å². The fourth-order valence-electron chi connectivity index (χ4n) is 2.97. The maximum Gasteiger partial charge on any atom is 0.416 e. The lowest BCUT2D eigenvalue weighted by Gasteiger charge is -2.15. The monoisotopic (exact) mass is 390 g/mol. The van der Waals surface area contributed by atoms with Gasteiger partial charge >= 0.3 is 12.1 Å². The number of alkyl halides is 3. The molecule has 0 bridgehead atoms. The number of halogens is 3. The second-order valence-corrected chi connectivity index (χ2v) is 6.41. The van der Waals surface area contributed by atoms with Crippen LogP contribution in [0.15, 0.2) is 52.9 Å². The standard InChI is InChI=1S/C20H17F3N2O3/c1-12-24-25-18(28-12)10-16(11-19(26)27)15-4-2-3-14(9-15)13-5-7-17(8-6-13)20(21,22)23/h2-9,16H,10-11H2,1H3,(H,26,27). The van der Waals surface area contributed by atoms with Crippen molar-refractivity contribution in [1.29, 1.82) is 0 Å². The summed E-state index contributed by atoms with van der Waals surface area (Å²) in [6, 6.07) is 11.9. The van der Waals surface area contributed by atoms with Crippen LogP contribution in [0.5, 0.6) is 0 Å². The zero-order valence-corrected chi connectivity index (χ0v) is 14.9. The van der Waals surface area contributed by atoms with Crippen LogP contribution in [0, 0.1) is 6.92 Å². The maximum absolute atomic E-state index is 12.7. The van der Waals surface area contributed by atoms with E-state index in [1.54, 1.807) is 31.2 Å². The first kappa shape index (κ1) is 19.6. The minimum Gasteiger partial charge on any atom is -0.481 e. The molecule has 0 radical (unpaired) electrons. The molecule has 0 fully saturated rings. The van der Waals surface area contributed by atoms with E-state index in [1.165, 1.54) is 12.1 Å². The van der Waals surface area contributed by atoms with Crippen LogP contribution in [0.25, 0.3) is 11.1 Å². The summed E-state index contributed by atoms with van der Waals surface area (Å²) in [5, 5.41) is 16.9. The van der Waals surface area contributed by atoms with E-state index in [2.05, 4.69) is 10.2 Å². The fraction of sp³-hybridized carbons (Fsp3) is 0.250. The molecule has 0 aliphatic rings. The topological polar surface area (TPSA) is 76.2 Å². The Hall–Kier alpha value is -3.16. The normalized spacial score (nSPS) is 12.7. The van der Waals surface area contributed by atoms with E-state index in [9.17, 15) is 23.1 Å². The van der Waals surface area contributed by atoms with Crippen LogP contribution in [0.3, 0.4) is 0 Å². The average Bonchev–Trinajstić information content (AvgIpc) is 3.05. The van der Waals surface area contributed by atoms with E-state index in [4.69, 9.17) is 4.42 Å². The molecule has 5 nitrogen and oxygen atoms in total. The molecule has 0 spiro atoms. The second kappa shape index (κ2) is 7.84. The van der Waals surface area contributed by atoms with E-state index in [1.807, 2.05) is 0 Å². The van der Waals surface area contributed by atoms with Gasteiger partial charge in [0, 0.05) is 19.3 Å². The quantitative estimate of drug-likeness (QED) is 0.650. The molecule has 1 N–H and O–H groups in total. The predicted octanol–water partition coefficient (Wildman–Crippen LogP) is 4.86. The molecule has 0 aliphatic heterocycles. The molecule has 3 rings (SSSR count). The highest BCUT2D eigenvalue weighted by Crippen LogP contribution is 2.32. The number of carboxylic acids is 1. The molecule has 8 heteroatoms. The summed E-state index contributed by atoms with van der Waals surface area (Å²) >= 11 is 0. The Balaban J connectivity index is 1.89. The van der Waals surface area contributed by atoms with Crippen LogP contribution in [0.2, 0.25) is 0 Å². The Labute approximate surface area is 158 Å². The van der Waals surface area contributed by atoms with Crippen LogP contribution in [0.1, 0.15) is 35.2 Å². The smallest absolute Gasteiger partial charge is 0.416 e. The zero-order valence-electron chi connectivity index (χ0n) is 14.9. The number of aliphatic carboxylic acids is 1. The van der Waals surface area contributed by atoms with Gasteiger partial charge in [-0.2, -0.15) is 13.2 Å². The van der Waals surface area contributed by atoms with Gasteiger partial charge in [0.05, 0.1) is 12.0 Å². The minimum absolute atomic E-state index is 0.141. The molecule has 0 saturated carbocycles. The first-order valence-corrected chi connectivity index (χ1v) is 8.51. The van der Waals surface area contributed by atoms with Crippen LogP contribution in [0.4, 0.5) is 13.2 Å². The molecule has 0 aliphatic carbocycles. The van der Waals surface area contributed by atoms with Gasteiger partial charge in [-0.05, 0) is 28.8 Å². The van der Waals surface area contributed by atoms with Gasteiger partial charge < -0.3 is 9.52 Å². The lowest BCUT2D eigenvalue weighted by molar-refractivity contribution is -0.138. The van der Waals surface area contributed by atoms with Gasteiger partial charge in [-0.3, -0.25) is 4.79 Å². The third kappa shape index (κ3) is 4.76. The van der Waals surface area contributed by atoms with Gasteiger partial charge in [0.1, 0.15) is 0 Å². The molecule has 3 aromatic rings. The van der Waals surface area contributed by atoms with E-state index < -0.39 is 23.6 Å². The minimum atomic E-state index is -4.39. The number of aromatic nitrogens is 2. The van der Waals surface area contributed by atoms with Gasteiger partial charge in [0.15, 0.2) is 0 Å². The van der Waals surface area contributed by atoms with Crippen molar-refractivity contribution >= 4 is 5.97 Å². The number of nitrogens with zero attached hydrogens (tertiary/aromatic N) is 2. The summed E-state index contributed by atoms with van der Waals surface area (Å²) in [6.07, 6.45) is -4.28. The summed E-state index contributed by atoms with van der Waals surface area (Å²) in [6.45, 7) is 1.65. The summed E-state index contributed by atoms with van der Waals surface area (Å²) in [7, 11) is 0. The Kier molecular flexibility index (Phi) is 5.48. The molecule has 1 aromatic heterocycles. The Morgan fingerprint density at radius 2 is 1.82 bits per heavy atom. The van der Waals surface area contributed by atoms with Crippen molar-refractivity contribution in [3.05, 3.63) is 71.4 Å². The highest BCUT2D eigenvalue weighted by molar-refractivity contribution is 5.69. The van der Waals surface area contributed by atoms with E-state index in [-0.39, 0.29) is 12.8 Å². The number of hydrogen-bond acceptors (Lipinski definition) is 4. The number of hydrogen-bond donors (Lipinski definition) is 1. The third-order valence-electron chi connectivity index (χ3n) is 4.31. The lowest BCUT2D eigenvalue weighted by atomic mass is 9.90. The summed E-state index contributed by atoms with van der Waals surface area (Å²) in [4.78, 5) is 11.3. The van der Waals surface area contributed by atoms with Crippen molar-refractivity contribution < 1.29 is 27.5 Å². The fourth-order valence-corrected chi connectivity index (χ4v) is 2.97. The van der Waals surface area contributed by atoms with Gasteiger partial charge in [-0.15, -0.1) is 10.2 Å². The SMILES string of the molecule is Cc1nnc(CC(CC(=O)O)c2cccc(-c3ccc(C(F)(F)F)cc3)c2)o1. The highest BCUT2D eigenvalue weighted by Gasteiger charge is 2.30. The molecule has 146 valence electrons. The second-order valence-electron chi connectivity index (χ2n) is 6.41. The van der Waals surface area contributed by atoms with Gasteiger partial charge in [-0.25, -0.2) is 0 Å². The third-order valence-corrected chi connectivity index (χ3v) is 4.31. The van der Waals surface area contributed by atoms with Crippen LogP contribution in [-0.4, -0.2) is 21.3 Å². The highest BCUT2D eigenvalue weighted by atomic mass is 19.4. The van der Waals surface area contributed by atoms with Gasteiger partial charge in [0.2, 0.25) is 11.8 Å². The summed E-state index contributed by atoms with van der Waals surface area (Å²) in [5.74, 6) is -0.654. The molecule has 1 unspecified atom stereocenters. The van der Waals surface area contributed by atoms with Crippen molar-refractivity contribution in [3.8, 4) is 11.1 Å². The largest absolute Gasteiger partial charge is 0.481 e. The number of aryl methyl sites for hydroxylation is 1. The zero-order chi connectivity index (χ0) is 20.3. The lowest BCUT2D eigenvalue weighted by Crippen LogP contribution is -2.10. The molecule has 1 atom stereocenters. The van der Waals surface area contributed by atoms with Crippen molar-refractivity contribution in [2.75, 3.05) is 0 Å². The van der Waals surface area contributed by atoms with E-state index in [0.29, 0.717) is 22.9 Å². The molecule has 2 aromatic carbocycles. The summed E-state index contributed by atoms with van der Waals surface area (Å²) < 4.78 is 43.6. The van der Waals surface area contributed by atoms with Gasteiger partial charge in [-0.1, -0.05) is 36.4 Å². The molecule has 0 amide bonds. The predicted molar refractivity (Wildman–Crippen MR) is 94.6 cm³/mol. The molecule has 28 heavy (non-hydrogen) atoms. The van der Waals surface area contributed by atoms with Crippen LogP contribution < -0.4 is 0 Å². The molecule has 0 saturated heterocycles. The van der Waals surface area contributed by atoms with Crippen molar-refractivity contribution in [1.82, 2.24) is 10.2 Å². The Bertz CT molecular complexity index is 965. The van der Waals surface area contributed by atoms with Crippen LogP contribution >= 0.6 is 0 Å². The summed E-state index contributed by atoms with van der Waals surface area (Å²) in [5.41, 5.74) is 1.32. The first-order chi connectivity index (χ1) is 13.2. The Morgan fingerprint density at radius 3 is 2.39 bits per heavy atom. The number of carboxylic acid groups (broad SMARTS) is 1. The average molecular weight is 390 g/mol. The van der Waals surface area contributed by atoms with E-state index >= 15 is 0 Å². The van der Waals surface area contributed by atoms with E-state index in [0.717, 1.165) is 17.7 Å². The Morgan fingerprint density at radius 1 is 1.11 bits per heavy atom. The first-order valence-electron chi connectivity index (χ1n) is 8.51. The molecular formula is C20H17F3N2O3. The number of benzene rings is 2. The number of rotatable bonds is 6. The molecular weight excluding hydrogens is 373 g/mol. The number of carbonyl (C=O) groups is 1. The van der Waals surface area contributed by atoms with Crippen LogP contribution in [-0.2, 0) is 17.4 Å². The molecule has 1 heterocycles. The van der Waals surface area contributed by atoms with Crippen molar-refractivity contribution in [2.45, 2.75) is 31.9 Å². The maximum atomic E-state index is 12.7. The van der Waals surface area contributed by atoms with Crippen molar-refractivity contribution in [2.24, 2.45) is 0 Å².